The van der Waals surface area contributed by atoms with E-state index >= 15 is 0 Å². The summed E-state index contributed by atoms with van der Waals surface area (Å²) in [4.78, 5) is 75.3. The van der Waals surface area contributed by atoms with Gasteiger partial charge in [-0.3, -0.25) is 28.8 Å². The first-order valence-corrected chi connectivity index (χ1v) is 19.6. The van der Waals surface area contributed by atoms with Crippen molar-refractivity contribution >= 4 is 68.6 Å². The number of rotatable bonds is 7. The third-order valence-corrected chi connectivity index (χ3v) is 11.3. The molecule has 5 aromatic rings. The molecule has 0 bridgehead atoms. The molecule has 4 aliphatic rings. The Morgan fingerprint density at radius 1 is 0.672 bits per heavy atom. The fourth-order valence-electron chi connectivity index (χ4n) is 8.36. The number of carbonyl (C=O) groups excluding carboxylic acids is 6. The van der Waals surface area contributed by atoms with E-state index in [1.165, 1.54) is 12.2 Å². The molecule has 58 heavy (non-hydrogen) atoms. The molecule has 6 amide bonds. The Kier molecular flexibility index (Phi) is 10.4. The van der Waals surface area contributed by atoms with Gasteiger partial charge in [-0.1, -0.05) is 44.2 Å². The van der Waals surface area contributed by atoms with Crippen molar-refractivity contribution in [3.05, 3.63) is 120 Å². The Morgan fingerprint density at radius 3 is 1.84 bits per heavy atom. The standard InChI is InChI=1S/C23H20N4O3.C21H24N4O3/c1-2-21(28)27-9-7-14-5-6-17(13-19(14)27)25-22(29)16-4-3-15-11-20-23(30)24-8-10-26(20)18(15)12-16;1-2-19(26)23-15-5-3-4-6-16(15)24-20(27)14-8-7-13-11-18-21(28)22-9-10-25(18)17(13)12-14/h2-6,11-13H,1,7-10H2,(H,24,30)(H,25,29);2,7-8,11-12,15-16H,1,3-6,9-10H2,(H,22,28)(H,23,26)(H,24,27). The summed E-state index contributed by atoms with van der Waals surface area (Å²) in [6, 6.07) is 20.0. The number of nitrogens with one attached hydrogen (secondary N) is 5. The highest BCUT2D eigenvalue weighted by molar-refractivity contribution is 6.09. The minimum atomic E-state index is -0.243. The predicted molar refractivity (Wildman–Crippen MR) is 221 cm³/mol. The molecule has 5 N–H and O–H groups in total. The van der Waals surface area contributed by atoms with Crippen LogP contribution < -0.4 is 31.5 Å². The van der Waals surface area contributed by atoms with Crippen molar-refractivity contribution in [2.24, 2.45) is 0 Å². The molecule has 0 spiro atoms. The van der Waals surface area contributed by atoms with Gasteiger partial charge in [0, 0.05) is 89.1 Å². The first-order valence-electron chi connectivity index (χ1n) is 19.6. The monoisotopic (exact) mass is 780 g/mol. The van der Waals surface area contributed by atoms with Crippen LogP contribution in [0.1, 0.15) is 72.9 Å². The van der Waals surface area contributed by atoms with Crippen LogP contribution in [-0.2, 0) is 29.1 Å². The summed E-state index contributed by atoms with van der Waals surface area (Å²) in [5, 5.41) is 16.5. The third kappa shape index (κ3) is 7.36. The number of hydrogen-bond acceptors (Lipinski definition) is 6. The number of hydrogen-bond donors (Lipinski definition) is 5. The zero-order valence-electron chi connectivity index (χ0n) is 31.9. The Hall–Kier alpha value is -6.96. The van der Waals surface area contributed by atoms with Crippen LogP contribution in [0.2, 0.25) is 0 Å². The largest absolute Gasteiger partial charge is 0.349 e. The number of amides is 6. The highest BCUT2D eigenvalue weighted by Gasteiger charge is 2.29. The fraction of sp³-hybridized carbons (Fsp3) is 0.273. The van der Waals surface area contributed by atoms with Gasteiger partial charge in [-0.05, 0) is 85.5 Å². The van der Waals surface area contributed by atoms with Crippen molar-refractivity contribution in [2.75, 3.05) is 29.9 Å². The van der Waals surface area contributed by atoms with Crippen molar-refractivity contribution < 1.29 is 28.8 Å². The van der Waals surface area contributed by atoms with Gasteiger partial charge >= 0.3 is 0 Å². The lowest BCUT2D eigenvalue weighted by Gasteiger charge is -2.32. The van der Waals surface area contributed by atoms with Gasteiger partial charge in [-0.2, -0.15) is 0 Å². The van der Waals surface area contributed by atoms with Crippen LogP contribution in [0.3, 0.4) is 0 Å². The number of aromatic nitrogens is 2. The molecule has 3 aromatic carbocycles. The average molecular weight is 781 g/mol. The first-order chi connectivity index (χ1) is 28.1. The number of carbonyl (C=O) groups is 6. The predicted octanol–water partition coefficient (Wildman–Crippen LogP) is 4.44. The zero-order valence-corrected chi connectivity index (χ0v) is 31.9. The Morgan fingerprint density at radius 2 is 1.26 bits per heavy atom. The summed E-state index contributed by atoms with van der Waals surface area (Å²) >= 11 is 0. The van der Waals surface area contributed by atoms with E-state index < -0.39 is 0 Å². The van der Waals surface area contributed by atoms with Gasteiger partial charge in [0.15, 0.2) is 0 Å². The lowest BCUT2D eigenvalue weighted by Crippen LogP contribution is -2.52. The van der Waals surface area contributed by atoms with Gasteiger partial charge in [0.25, 0.3) is 23.6 Å². The molecular weight excluding hydrogens is 737 g/mol. The van der Waals surface area contributed by atoms with E-state index in [0.717, 1.165) is 65.2 Å². The van der Waals surface area contributed by atoms with Crippen LogP contribution in [0.4, 0.5) is 11.4 Å². The van der Waals surface area contributed by atoms with E-state index in [1.54, 1.807) is 17.0 Å². The van der Waals surface area contributed by atoms with Crippen LogP contribution in [0, 0.1) is 0 Å². The lowest BCUT2D eigenvalue weighted by molar-refractivity contribution is -0.117. The number of nitrogens with zero attached hydrogens (tertiary/aromatic N) is 3. The molecule has 14 heteroatoms. The minimum absolute atomic E-state index is 0.0864. The quantitative estimate of drug-likeness (QED) is 0.153. The number of benzene rings is 3. The fourth-order valence-corrected chi connectivity index (χ4v) is 8.36. The molecule has 1 aliphatic carbocycles. The topological polar surface area (TPSA) is 176 Å². The number of fused-ring (bicyclic) bond motifs is 7. The normalized spacial score (nSPS) is 18.0. The van der Waals surface area contributed by atoms with E-state index in [1.807, 2.05) is 63.7 Å². The highest BCUT2D eigenvalue weighted by atomic mass is 16.2. The minimum Gasteiger partial charge on any atom is -0.349 e. The second-order valence-corrected chi connectivity index (χ2v) is 14.8. The Labute approximate surface area is 334 Å². The van der Waals surface area contributed by atoms with Crippen LogP contribution in [0.5, 0.6) is 0 Å². The highest BCUT2D eigenvalue weighted by Crippen LogP contribution is 2.32. The molecule has 1 saturated carbocycles. The van der Waals surface area contributed by atoms with E-state index in [-0.39, 0.29) is 47.5 Å². The second kappa shape index (κ2) is 15.9. The molecule has 0 saturated heterocycles. The smallest absolute Gasteiger partial charge is 0.268 e. The van der Waals surface area contributed by atoms with Gasteiger partial charge in [0.2, 0.25) is 11.8 Å². The van der Waals surface area contributed by atoms with Crippen molar-refractivity contribution in [2.45, 2.75) is 57.3 Å². The van der Waals surface area contributed by atoms with Crippen molar-refractivity contribution in [1.82, 2.24) is 30.4 Å². The van der Waals surface area contributed by atoms with Crippen LogP contribution in [-0.4, -0.2) is 76.3 Å². The van der Waals surface area contributed by atoms with Crippen molar-refractivity contribution in [3.63, 3.8) is 0 Å². The Bertz CT molecular complexity index is 2550. The molecule has 14 nitrogen and oxygen atoms in total. The molecule has 296 valence electrons. The van der Waals surface area contributed by atoms with E-state index in [2.05, 4.69) is 39.7 Å². The summed E-state index contributed by atoms with van der Waals surface area (Å²) < 4.78 is 3.90. The Balaban J connectivity index is 0.000000162. The van der Waals surface area contributed by atoms with Crippen LogP contribution in [0.15, 0.2) is 92.0 Å². The van der Waals surface area contributed by atoms with E-state index in [9.17, 15) is 28.8 Å². The molecule has 2 atom stereocenters. The van der Waals surface area contributed by atoms with E-state index in [4.69, 9.17) is 0 Å². The van der Waals surface area contributed by atoms with Gasteiger partial charge in [0.05, 0.1) is 0 Å². The molecule has 2 aromatic heterocycles. The molecular formula is C44H44N8O6. The van der Waals surface area contributed by atoms with Crippen molar-refractivity contribution in [1.29, 1.82) is 0 Å². The molecule has 1 fully saturated rings. The first kappa shape index (κ1) is 37.9. The summed E-state index contributed by atoms with van der Waals surface area (Å²) in [5.74, 6) is -0.957. The van der Waals surface area contributed by atoms with Gasteiger partial charge in [-0.15, -0.1) is 0 Å². The molecule has 3 aliphatic heterocycles. The van der Waals surface area contributed by atoms with Gasteiger partial charge < -0.3 is 40.6 Å². The van der Waals surface area contributed by atoms with Gasteiger partial charge in [-0.25, -0.2) is 0 Å². The van der Waals surface area contributed by atoms with Gasteiger partial charge in [0.1, 0.15) is 11.4 Å². The number of anilines is 2. The second-order valence-electron chi connectivity index (χ2n) is 14.8. The molecule has 9 rings (SSSR count). The van der Waals surface area contributed by atoms with Crippen molar-refractivity contribution in [3.8, 4) is 0 Å². The summed E-state index contributed by atoms with van der Waals surface area (Å²) in [5.41, 5.74) is 6.55. The maximum absolute atomic E-state index is 12.9. The molecule has 5 heterocycles. The SMILES string of the molecule is C=CC(=O)N1CCc2ccc(NC(=O)c3ccc4cc5n(c4c3)CCNC5=O)cc21.C=CC(=O)NC1CCCCC1NC(=O)c1ccc2cc3n(c2c1)CCNC3=O. The lowest BCUT2D eigenvalue weighted by atomic mass is 9.90. The average Bonchev–Trinajstić information content (AvgIpc) is 3.95. The maximum atomic E-state index is 12.9. The zero-order chi connectivity index (χ0) is 40.5. The summed E-state index contributed by atoms with van der Waals surface area (Å²) in [6.07, 6.45) is 7.06. The van der Waals surface area contributed by atoms with E-state index in [0.29, 0.717) is 60.9 Å². The van der Waals surface area contributed by atoms with Crippen LogP contribution >= 0.6 is 0 Å². The molecule has 0 radical (unpaired) electrons. The summed E-state index contributed by atoms with van der Waals surface area (Å²) in [6.45, 7) is 10.2. The molecule has 2 unspecified atom stereocenters. The third-order valence-electron chi connectivity index (χ3n) is 11.3. The maximum Gasteiger partial charge on any atom is 0.268 e. The summed E-state index contributed by atoms with van der Waals surface area (Å²) in [7, 11) is 0. The van der Waals surface area contributed by atoms with Crippen LogP contribution in [0.25, 0.3) is 21.8 Å².